The lowest BCUT2D eigenvalue weighted by Gasteiger charge is -2.21. The number of Topliss-reactive ketones (excluding diaryl/α,β-unsaturated/α-hetero) is 1. The second kappa shape index (κ2) is 6.48. The average Bonchev–Trinajstić information content (AvgIpc) is 2.96. The molecule has 0 atom stereocenters. The number of nitrogens with zero attached hydrogens (tertiary/aromatic N) is 2. The van der Waals surface area contributed by atoms with E-state index in [1.54, 1.807) is 12.1 Å². The summed E-state index contributed by atoms with van der Waals surface area (Å²) >= 11 is 0.708. The quantitative estimate of drug-likeness (QED) is 0.763. The van der Waals surface area contributed by atoms with E-state index in [0.717, 1.165) is 18.8 Å². The van der Waals surface area contributed by atoms with Crippen molar-refractivity contribution in [3.8, 4) is 11.3 Å². The maximum atomic E-state index is 12.6. The molecule has 0 unspecified atom stereocenters. The van der Waals surface area contributed by atoms with Gasteiger partial charge in [0.2, 0.25) is 0 Å². The fraction of sp³-hybridized carbons (Fsp3) is 0.333. The van der Waals surface area contributed by atoms with E-state index in [1.807, 2.05) is 26.0 Å². The van der Waals surface area contributed by atoms with Crippen LogP contribution in [0.1, 0.15) is 23.5 Å². The first-order chi connectivity index (χ1) is 10.4. The van der Waals surface area contributed by atoms with Crippen LogP contribution in [0.3, 0.4) is 0 Å². The molecule has 0 saturated carbocycles. The Kier molecular flexibility index (Phi) is 4.85. The zero-order valence-electron chi connectivity index (χ0n) is 12.1. The summed E-state index contributed by atoms with van der Waals surface area (Å²) in [5.41, 5.74) is 2.82. The van der Waals surface area contributed by atoms with Crippen LogP contribution in [0.5, 0.6) is 0 Å². The number of benzene rings is 1. The summed E-state index contributed by atoms with van der Waals surface area (Å²) in [6.07, 6.45) is -4.89. The molecule has 1 aromatic heterocycles. The monoisotopic (exact) mass is 328 g/mol. The third kappa shape index (κ3) is 3.30. The lowest BCUT2D eigenvalue weighted by Crippen LogP contribution is -2.22. The number of anilines is 1. The standard InChI is InChI=1S/C15H15F3N2OS/c1-3-20(4-2)11-7-5-10(6-8-11)12-13(22-9-19-12)14(21)15(16,17)18/h5-9H,3-4H2,1-2H3. The van der Waals surface area contributed by atoms with Crippen LogP contribution in [0.25, 0.3) is 11.3 Å². The van der Waals surface area contributed by atoms with Gasteiger partial charge in [-0.3, -0.25) is 4.79 Å². The van der Waals surface area contributed by atoms with Gasteiger partial charge < -0.3 is 4.90 Å². The first kappa shape index (κ1) is 16.5. The molecule has 0 aliphatic heterocycles. The minimum atomic E-state index is -4.89. The molecule has 0 aliphatic carbocycles. The molecule has 0 amide bonds. The second-order valence-electron chi connectivity index (χ2n) is 4.58. The van der Waals surface area contributed by atoms with Gasteiger partial charge >= 0.3 is 6.18 Å². The molecule has 0 bridgehead atoms. The minimum absolute atomic E-state index is 0.0819. The number of carbonyl (C=O) groups excluding carboxylic acids is 1. The fourth-order valence-electron chi connectivity index (χ4n) is 2.16. The molecule has 7 heteroatoms. The first-order valence-corrected chi connectivity index (χ1v) is 7.66. The highest BCUT2D eigenvalue weighted by Crippen LogP contribution is 2.32. The molecule has 2 aromatic rings. The zero-order valence-corrected chi connectivity index (χ0v) is 13.0. The summed E-state index contributed by atoms with van der Waals surface area (Å²) in [7, 11) is 0. The summed E-state index contributed by atoms with van der Waals surface area (Å²) in [6, 6.07) is 7.03. The maximum Gasteiger partial charge on any atom is 0.455 e. The van der Waals surface area contributed by atoms with E-state index in [1.165, 1.54) is 5.51 Å². The predicted octanol–water partition coefficient (Wildman–Crippen LogP) is 4.40. The third-order valence-corrected chi connectivity index (χ3v) is 4.13. The minimum Gasteiger partial charge on any atom is -0.372 e. The molecular formula is C15H15F3N2OS. The van der Waals surface area contributed by atoms with Crippen molar-refractivity contribution < 1.29 is 18.0 Å². The van der Waals surface area contributed by atoms with Gasteiger partial charge in [-0.15, -0.1) is 11.3 Å². The van der Waals surface area contributed by atoms with E-state index in [-0.39, 0.29) is 10.6 Å². The van der Waals surface area contributed by atoms with Crippen LogP contribution in [0.15, 0.2) is 29.8 Å². The van der Waals surface area contributed by atoms with Crippen LogP contribution in [0, 0.1) is 0 Å². The van der Waals surface area contributed by atoms with Crippen molar-refractivity contribution in [2.75, 3.05) is 18.0 Å². The second-order valence-corrected chi connectivity index (χ2v) is 5.43. The van der Waals surface area contributed by atoms with Gasteiger partial charge in [0.05, 0.1) is 11.2 Å². The number of thiazole rings is 1. The van der Waals surface area contributed by atoms with Gasteiger partial charge in [-0.1, -0.05) is 12.1 Å². The zero-order chi connectivity index (χ0) is 16.3. The lowest BCUT2D eigenvalue weighted by atomic mass is 10.1. The van der Waals surface area contributed by atoms with Crippen LogP contribution in [-0.2, 0) is 0 Å². The SMILES string of the molecule is CCN(CC)c1ccc(-c2ncsc2C(=O)C(F)(F)F)cc1. The Morgan fingerprint density at radius 1 is 1.18 bits per heavy atom. The molecule has 22 heavy (non-hydrogen) atoms. The van der Waals surface area contributed by atoms with Gasteiger partial charge in [0, 0.05) is 24.3 Å². The molecule has 1 heterocycles. The Morgan fingerprint density at radius 2 is 1.77 bits per heavy atom. The number of hydrogen-bond donors (Lipinski definition) is 0. The highest BCUT2D eigenvalue weighted by atomic mass is 32.1. The average molecular weight is 328 g/mol. The summed E-state index contributed by atoms with van der Waals surface area (Å²) < 4.78 is 37.8. The number of aromatic nitrogens is 1. The summed E-state index contributed by atoms with van der Waals surface area (Å²) in [4.78, 5) is 17.1. The molecule has 0 aliphatic rings. The Hall–Kier alpha value is -1.89. The molecule has 2 rings (SSSR count). The van der Waals surface area contributed by atoms with Gasteiger partial charge in [0.25, 0.3) is 5.78 Å². The van der Waals surface area contributed by atoms with E-state index in [4.69, 9.17) is 0 Å². The first-order valence-electron chi connectivity index (χ1n) is 6.78. The van der Waals surface area contributed by atoms with E-state index >= 15 is 0 Å². The number of hydrogen-bond acceptors (Lipinski definition) is 4. The number of halogens is 3. The van der Waals surface area contributed by atoms with Crippen molar-refractivity contribution in [1.29, 1.82) is 0 Å². The maximum absolute atomic E-state index is 12.6. The molecule has 3 nitrogen and oxygen atoms in total. The molecule has 1 aromatic carbocycles. The topological polar surface area (TPSA) is 33.2 Å². The summed E-state index contributed by atoms with van der Waals surface area (Å²) in [5, 5.41) is 0. The van der Waals surface area contributed by atoms with Crippen molar-refractivity contribution in [2.24, 2.45) is 0 Å². The Balaban J connectivity index is 2.34. The molecular weight excluding hydrogens is 313 g/mol. The van der Waals surface area contributed by atoms with E-state index in [0.29, 0.717) is 16.9 Å². The lowest BCUT2D eigenvalue weighted by molar-refractivity contribution is -0.0882. The third-order valence-electron chi connectivity index (χ3n) is 3.30. The van der Waals surface area contributed by atoms with Crippen molar-refractivity contribution in [2.45, 2.75) is 20.0 Å². The van der Waals surface area contributed by atoms with Crippen molar-refractivity contribution in [3.05, 3.63) is 34.7 Å². The number of rotatable bonds is 5. The van der Waals surface area contributed by atoms with Crippen LogP contribution in [0.2, 0.25) is 0 Å². The van der Waals surface area contributed by atoms with Crippen molar-refractivity contribution >= 4 is 22.8 Å². The molecule has 0 saturated heterocycles. The van der Waals surface area contributed by atoms with Crippen LogP contribution >= 0.6 is 11.3 Å². The molecule has 0 spiro atoms. The summed E-state index contributed by atoms with van der Waals surface area (Å²) in [5.74, 6) is -1.85. The highest BCUT2D eigenvalue weighted by Gasteiger charge is 2.41. The van der Waals surface area contributed by atoms with Crippen LogP contribution < -0.4 is 4.90 Å². The molecule has 0 radical (unpaired) electrons. The largest absolute Gasteiger partial charge is 0.455 e. The molecule has 118 valence electrons. The smallest absolute Gasteiger partial charge is 0.372 e. The van der Waals surface area contributed by atoms with Gasteiger partial charge in [-0.2, -0.15) is 13.2 Å². The van der Waals surface area contributed by atoms with E-state index in [9.17, 15) is 18.0 Å². The number of ketones is 1. The van der Waals surface area contributed by atoms with Crippen molar-refractivity contribution in [1.82, 2.24) is 4.98 Å². The van der Waals surface area contributed by atoms with Gasteiger partial charge in [0.1, 0.15) is 4.88 Å². The van der Waals surface area contributed by atoms with Crippen LogP contribution in [-0.4, -0.2) is 30.0 Å². The molecule has 0 N–H and O–H groups in total. The van der Waals surface area contributed by atoms with Crippen LogP contribution in [0.4, 0.5) is 18.9 Å². The molecule has 0 fully saturated rings. The fourth-order valence-corrected chi connectivity index (χ4v) is 2.93. The highest BCUT2D eigenvalue weighted by molar-refractivity contribution is 7.12. The van der Waals surface area contributed by atoms with Gasteiger partial charge in [0.15, 0.2) is 0 Å². The Labute approximate surface area is 130 Å². The Bertz CT molecular complexity index is 646. The normalized spacial score (nSPS) is 11.5. The van der Waals surface area contributed by atoms with Crippen molar-refractivity contribution in [3.63, 3.8) is 0 Å². The van der Waals surface area contributed by atoms with Gasteiger partial charge in [-0.05, 0) is 26.0 Å². The number of carbonyl (C=O) groups is 1. The van der Waals surface area contributed by atoms with E-state index < -0.39 is 12.0 Å². The predicted molar refractivity (Wildman–Crippen MR) is 81.5 cm³/mol. The van der Waals surface area contributed by atoms with E-state index in [2.05, 4.69) is 9.88 Å². The Morgan fingerprint density at radius 3 is 2.27 bits per heavy atom. The summed E-state index contributed by atoms with van der Waals surface area (Å²) in [6.45, 7) is 5.73. The number of alkyl halides is 3. The van der Waals surface area contributed by atoms with Gasteiger partial charge in [-0.25, -0.2) is 4.98 Å².